The second-order valence-electron chi connectivity index (χ2n) is 4.49. The van der Waals surface area contributed by atoms with Gasteiger partial charge in [-0.15, -0.1) is 0 Å². The monoisotopic (exact) mass is 371 g/mol. The zero-order chi connectivity index (χ0) is 17.7. The topological polar surface area (TPSA) is 79.3 Å². The third-order valence-corrected chi connectivity index (χ3v) is 4.54. The number of benzene rings is 1. The number of nitrogens with zero attached hydrogens (tertiary/aromatic N) is 3. The predicted molar refractivity (Wildman–Crippen MR) is 91.2 cm³/mol. The molecule has 24 heavy (non-hydrogen) atoms. The summed E-state index contributed by atoms with van der Waals surface area (Å²) >= 11 is 0. The van der Waals surface area contributed by atoms with Crippen molar-refractivity contribution in [3.63, 3.8) is 0 Å². The van der Waals surface area contributed by atoms with Crippen LogP contribution >= 0.6 is 21.8 Å². The van der Waals surface area contributed by atoms with Crippen LogP contribution in [0.15, 0.2) is 28.7 Å². The van der Waals surface area contributed by atoms with Gasteiger partial charge in [-0.25, -0.2) is 14.1 Å². The van der Waals surface area contributed by atoms with E-state index in [9.17, 15) is 18.8 Å². The van der Waals surface area contributed by atoms with E-state index in [-0.39, 0.29) is 23.9 Å². The van der Waals surface area contributed by atoms with Crippen molar-refractivity contribution in [3.05, 3.63) is 30.1 Å². The summed E-state index contributed by atoms with van der Waals surface area (Å²) in [5, 5.41) is 0. The Hall–Kier alpha value is -2.07. The third kappa shape index (κ3) is 3.88. The Bertz CT molecular complexity index is 698. The normalized spacial score (nSPS) is 16.2. The maximum Gasteiger partial charge on any atom is 0.337 e. The maximum absolute atomic E-state index is 14.0. The van der Waals surface area contributed by atoms with Crippen molar-refractivity contribution in [1.29, 1.82) is 0 Å². The number of rotatable bonds is 6. The first-order valence-electron chi connectivity index (χ1n) is 6.86. The number of carbonyl (C=O) groups is 3. The number of ether oxygens (including phenoxy) is 1. The summed E-state index contributed by atoms with van der Waals surface area (Å²) in [7, 11) is 3.19. The van der Waals surface area contributed by atoms with Crippen LogP contribution in [0.2, 0.25) is 0 Å². The number of anilines is 1. The second-order valence-corrected chi connectivity index (χ2v) is 6.50. The van der Waals surface area contributed by atoms with Crippen molar-refractivity contribution in [1.82, 2.24) is 4.90 Å². The zero-order valence-corrected chi connectivity index (χ0v) is 14.5. The minimum absolute atomic E-state index is 0.0347. The second kappa shape index (κ2) is 8.15. The molecule has 1 fully saturated rings. The molecule has 10 heteroatoms. The fraction of sp³-hybridized carbons (Fsp3) is 0.286. The van der Waals surface area contributed by atoms with Crippen LogP contribution in [0.25, 0.3) is 0 Å². The Balaban J connectivity index is 2.17. The van der Waals surface area contributed by atoms with Crippen molar-refractivity contribution < 1.29 is 23.5 Å². The Morgan fingerprint density at radius 1 is 1.33 bits per heavy atom. The van der Waals surface area contributed by atoms with Gasteiger partial charge in [0, 0.05) is 18.0 Å². The highest BCUT2D eigenvalue weighted by molar-refractivity contribution is 8.76. The largest absolute Gasteiger partial charge is 0.465 e. The van der Waals surface area contributed by atoms with Crippen molar-refractivity contribution in [3.8, 4) is 0 Å². The fourth-order valence-corrected chi connectivity index (χ4v) is 3.17. The molecule has 3 amide bonds. The maximum atomic E-state index is 14.0. The van der Waals surface area contributed by atoms with Gasteiger partial charge in [-0.2, -0.15) is 4.40 Å². The number of amides is 3. The van der Waals surface area contributed by atoms with E-state index in [2.05, 4.69) is 4.40 Å². The predicted octanol–water partition coefficient (Wildman–Crippen LogP) is 2.48. The van der Waals surface area contributed by atoms with E-state index in [1.54, 1.807) is 13.0 Å². The van der Waals surface area contributed by atoms with Gasteiger partial charge in [-0.1, -0.05) is 22.9 Å². The van der Waals surface area contributed by atoms with E-state index in [0.717, 1.165) is 31.6 Å². The number of hydrogen-bond acceptors (Lipinski definition) is 7. The molecule has 1 saturated heterocycles. The fourth-order valence-electron chi connectivity index (χ4n) is 1.84. The van der Waals surface area contributed by atoms with Gasteiger partial charge in [-0.05, 0) is 19.1 Å². The molecule has 1 heterocycles. The van der Waals surface area contributed by atoms with E-state index in [1.807, 2.05) is 0 Å². The average molecular weight is 371 g/mol. The molecule has 2 rings (SSSR count). The van der Waals surface area contributed by atoms with Crippen LogP contribution in [0.5, 0.6) is 0 Å². The van der Waals surface area contributed by atoms with Gasteiger partial charge in [0.15, 0.2) is 0 Å². The number of urea groups is 1. The molecule has 0 atom stereocenters. The van der Waals surface area contributed by atoms with Crippen LogP contribution in [-0.2, 0) is 14.3 Å². The number of hydrogen-bond donors (Lipinski definition) is 0. The third-order valence-electron chi connectivity index (χ3n) is 2.94. The molecule has 7 nitrogen and oxygen atoms in total. The van der Waals surface area contributed by atoms with Crippen LogP contribution < -0.4 is 4.90 Å². The Morgan fingerprint density at radius 3 is 2.71 bits per heavy atom. The van der Waals surface area contributed by atoms with Gasteiger partial charge in [-0.3, -0.25) is 14.5 Å². The number of esters is 1. The summed E-state index contributed by atoms with van der Waals surface area (Å²) in [6.45, 7) is 1.97. The number of amidine groups is 1. The van der Waals surface area contributed by atoms with Crippen molar-refractivity contribution in [2.75, 3.05) is 24.3 Å². The summed E-state index contributed by atoms with van der Waals surface area (Å²) in [4.78, 5) is 37.3. The van der Waals surface area contributed by atoms with E-state index in [0.29, 0.717) is 0 Å². The SMILES string of the molecule is CCOC(=O)CSS/N=C1/C(=O)N(C)C(=O)N1c1ccccc1F. The van der Waals surface area contributed by atoms with Gasteiger partial charge < -0.3 is 4.74 Å². The number of halogens is 1. The molecular weight excluding hydrogens is 357 g/mol. The van der Waals surface area contributed by atoms with Gasteiger partial charge in [0.1, 0.15) is 11.6 Å². The highest BCUT2D eigenvalue weighted by Gasteiger charge is 2.42. The van der Waals surface area contributed by atoms with Crippen molar-refractivity contribution in [2.24, 2.45) is 4.40 Å². The molecule has 1 aromatic rings. The number of likely N-dealkylation sites (N-methyl/N-ethyl adjacent to an activating group) is 1. The number of imide groups is 1. The highest BCUT2D eigenvalue weighted by Crippen LogP contribution is 2.29. The lowest BCUT2D eigenvalue weighted by Gasteiger charge is -2.15. The Labute approximate surface area is 145 Å². The molecular formula is C14H14FN3O4S2. The number of para-hydroxylation sites is 1. The highest BCUT2D eigenvalue weighted by atomic mass is 33.1. The summed E-state index contributed by atoms with van der Waals surface area (Å²) < 4.78 is 22.7. The first-order chi connectivity index (χ1) is 11.5. The van der Waals surface area contributed by atoms with Gasteiger partial charge in [0.05, 0.1) is 12.3 Å². The van der Waals surface area contributed by atoms with Crippen molar-refractivity contribution >= 4 is 51.2 Å². The molecule has 1 aliphatic heterocycles. The van der Waals surface area contributed by atoms with Gasteiger partial charge in [0.25, 0.3) is 5.91 Å². The minimum atomic E-state index is -0.695. The summed E-state index contributed by atoms with van der Waals surface area (Å²) in [5.41, 5.74) is -0.0602. The lowest BCUT2D eigenvalue weighted by atomic mass is 10.3. The smallest absolute Gasteiger partial charge is 0.337 e. The standard InChI is InChI=1S/C14H14FN3O4S2/c1-3-22-11(19)8-23-24-16-12-13(20)17(2)14(21)18(12)10-7-5-4-6-9(10)15/h4-7H,3,8H2,1-2H3/b16-12-. The van der Waals surface area contributed by atoms with Crippen LogP contribution in [0.3, 0.4) is 0 Å². The molecule has 0 N–H and O–H groups in total. The van der Waals surface area contributed by atoms with E-state index < -0.39 is 23.7 Å². The van der Waals surface area contributed by atoms with E-state index in [1.165, 1.54) is 25.2 Å². The van der Waals surface area contributed by atoms with E-state index in [4.69, 9.17) is 4.74 Å². The molecule has 0 spiro atoms. The van der Waals surface area contributed by atoms with Gasteiger partial charge >= 0.3 is 12.0 Å². The molecule has 1 aliphatic rings. The first-order valence-corrected chi connectivity index (χ1v) is 9.13. The molecule has 0 radical (unpaired) electrons. The van der Waals surface area contributed by atoms with Crippen LogP contribution in [0, 0.1) is 5.82 Å². The quantitative estimate of drug-likeness (QED) is 0.251. The molecule has 0 saturated carbocycles. The molecule has 0 aliphatic carbocycles. The van der Waals surface area contributed by atoms with E-state index >= 15 is 0 Å². The first kappa shape index (κ1) is 18.3. The molecule has 0 unspecified atom stereocenters. The van der Waals surface area contributed by atoms with Crippen LogP contribution in [-0.4, -0.2) is 48.1 Å². The molecule has 128 valence electrons. The molecule has 0 aromatic heterocycles. The average Bonchev–Trinajstić information content (AvgIpc) is 2.77. The summed E-state index contributed by atoms with van der Waals surface area (Å²) in [6.07, 6.45) is 0. The molecule has 0 bridgehead atoms. The minimum Gasteiger partial charge on any atom is -0.465 e. The van der Waals surface area contributed by atoms with Crippen LogP contribution in [0.4, 0.5) is 14.9 Å². The Morgan fingerprint density at radius 2 is 2.04 bits per heavy atom. The molecule has 1 aromatic carbocycles. The Kier molecular flexibility index (Phi) is 6.21. The summed E-state index contributed by atoms with van der Waals surface area (Å²) in [5.74, 6) is -1.88. The van der Waals surface area contributed by atoms with Crippen LogP contribution in [0.1, 0.15) is 6.92 Å². The lowest BCUT2D eigenvalue weighted by Crippen LogP contribution is -2.32. The zero-order valence-electron chi connectivity index (χ0n) is 12.9. The van der Waals surface area contributed by atoms with Crippen molar-refractivity contribution in [2.45, 2.75) is 6.92 Å². The van der Waals surface area contributed by atoms with Gasteiger partial charge in [0.2, 0.25) is 5.84 Å². The lowest BCUT2D eigenvalue weighted by molar-refractivity contribution is -0.139. The summed E-state index contributed by atoms with van der Waals surface area (Å²) in [6, 6.07) is 4.90. The number of carbonyl (C=O) groups excluding carboxylic acids is 3.